The molecule has 0 aliphatic carbocycles. The summed E-state index contributed by atoms with van der Waals surface area (Å²) in [4.78, 5) is 22.2. The zero-order valence-corrected chi connectivity index (χ0v) is 13.0. The van der Waals surface area contributed by atoms with E-state index in [-0.39, 0.29) is 30.3 Å². The summed E-state index contributed by atoms with van der Waals surface area (Å²) in [6, 6.07) is 0. The van der Waals surface area contributed by atoms with Crippen LogP contribution < -0.4 is 11.3 Å². The second-order valence-electron chi connectivity index (χ2n) is 5.34. The molecule has 1 fully saturated rings. The Balaban J connectivity index is 1.91. The van der Waals surface area contributed by atoms with Crippen LogP contribution >= 0.6 is 0 Å². The number of aromatic nitrogens is 4. The van der Waals surface area contributed by atoms with E-state index in [0.29, 0.717) is 6.61 Å². The Hall–Kier alpha value is -2.05. The van der Waals surface area contributed by atoms with Gasteiger partial charge in [-0.25, -0.2) is 4.98 Å². The van der Waals surface area contributed by atoms with Gasteiger partial charge in [-0.3, -0.25) is 14.3 Å². The van der Waals surface area contributed by atoms with Gasteiger partial charge in [0.15, 0.2) is 17.4 Å². The van der Waals surface area contributed by atoms with Gasteiger partial charge in [-0.2, -0.15) is 4.98 Å². The average molecular weight is 341 g/mol. The van der Waals surface area contributed by atoms with Crippen molar-refractivity contribution in [3.63, 3.8) is 0 Å². The maximum Gasteiger partial charge on any atom is 0.280 e. The van der Waals surface area contributed by atoms with Crippen LogP contribution in [0, 0.1) is 0 Å². The highest BCUT2D eigenvalue weighted by Crippen LogP contribution is 2.32. The second kappa shape index (κ2) is 6.83. The van der Waals surface area contributed by atoms with Gasteiger partial charge in [0.25, 0.3) is 5.56 Å². The molecule has 0 bridgehead atoms. The minimum Gasteiger partial charge on any atom is -0.394 e. The Morgan fingerprint density at radius 1 is 1.50 bits per heavy atom. The van der Waals surface area contributed by atoms with Crippen molar-refractivity contribution in [2.75, 3.05) is 32.7 Å². The summed E-state index contributed by atoms with van der Waals surface area (Å²) in [7, 11) is 1.53. The van der Waals surface area contributed by atoms with E-state index in [1.165, 1.54) is 18.0 Å². The van der Waals surface area contributed by atoms with Crippen LogP contribution in [0.2, 0.25) is 0 Å². The summed E-state index contributed by atoms with van der Waals surface area (Å²) in [5.74, 6) is -0.0756. The van der Waals surface area contributed by atoms with Crippen LogP contribution in [-0.4, -0.2) is 75.0 Å². The molecule has 3 heterocycles. The van der Waals surface area contributed by atoms with Gasteiger partial charge >= 0.3 is 0 Å². The predicted molar refractivity (Wildman–Crippen MR) is 81.2 cm³/mol. The van der Waals surface area contributed by atoms with E-state index in [1.54, 1.807) is 0 Å². The summed E-state index contributed by atoms with van der Waals surface area (Å²) in [5.41, 5.74) is 5.32. The van der Waals surface area contributed by atoms with Gasteiger partial charge in [0.2, 0.25) is 5.95 Å². The first-order chi connectivity index (χ1) is 11.6. The molecule has 3 rings (SSSR count). The number of fused-ring (bicyclic) bond motifs is 1. The molecular formula is C13H19N5O6. The number of aliphatic hydroxyl groups is 2. The lowest BCUT2D eigenvalue weighted by molar-refractivity contribution is -0.0678. The number of nitrogens with two attached hydrogens (primary N) is 1. The molecule has 5 N–H and O–H groups in total. The number of nitrogens with zero attached hydrogens (tertiary/aromatic N) is 3. The number of imidazole rings is 1. The first-order valence-electron chi connectivity index (χ1n) is 7.34. The van der Waals surface area contributed by atoms with E-state index in [4.69, 9.17) is 19.9 Å². The van der Waals surface area contributed by atoms with Crippen molar-refractivity contribution in [3.8, 4) is 0 Å². The summed E-state index contributed by atoms with van der Waals surface area (Å²) >= 11 is 0. The smallest absolute Gasteiger partial charge is 0.280 e. The summed E-state index contributed by atoms with van der Waals surface area (Å²) in [5, 5.41) is 20.0. The molecule has 4 atom stereocenters. The first-order valence-corrected chi connectivity index (χ1v) is 7.34. The number of hydrogen-bond acceptors (Lipinski definition) is 9. The van der Waals surface area contributed by atoms with Crippen LogP contribution in [0.4, 0.5) is 5.95 Å². The van der Waals surface area contributed by atoms with Gasteiger partial charge in [0.1, 0.15) is 18.3 Å². The van der Waals surface area contributed by atoms with Crippen molar-refractivity contribution in [1.82, 2.24) is 19.5 Å². The molecule has 11 heteroatoms. The van der Waals surface area contributed by atoms with Crippen LogP contribution in [0.25, 0.3) is 11.2 Å². The fourth-order valence-electron chi connectivity index (χ4n) is 2.70. The molecule has 132 valence electrons. The quantitative estimate of drug-likeness (QED) is 0.435. The molecule has 1 saturated heterocycles. The second-order valence-corrected chi connectivity index (χ2v) is 5.34. The van der Waals surface area contributed by atoms with Crippen molar-refractivity contribution in [3.05, 3.63) is 16.7 Å². The molecule has 11 nitrogen and oxygen atoms in total. The average Bonchev–Trinajstić information content (AvgIpc) is 3.09. The highest BCUT2D eigenvalue weighted by molar-refractivity contribution is 5.70. The van der Waals surface area contributed by atoms with E-state index < -0.39 is 30.1 Å². The number of H-pyrrole nitrogens is 1. The largest absolute Gasteiger partial charge is 0.394 e. The van der Waals surface area contributed by atoms with Gasteiger partial charge in [-0.05, 0) is 0 Å². The maximum atomic E-state index is 11.8. The lowest BCUT2D eigenvalue weighted by Gasteiger charge is -2.19. The molecule has 0 radical (unpaired) electrons. The summed E-state index contributed by atoms with van der Waals surface area (Å²) in [6.07, 6.45) is -2.19. The highest BCUT2D eigenvalue weighted by atomic mass is 16.6. The van der Waals surface area contributed by atoms with Gasteiger partial charge in [0, 0.05) is 7.11 Å². The first kappa shape index (κ1) is 16.8. The molecule has 2 aromatic heterocycles. The Kier molecular flexibility index (Phi) is 4.78. The Morgan fingerprint density at radius 2 is 2.29 bits per heavy atom. The molecule has 1 aliphatic heterocycles. The molecule has 0 aromatic carbocycles. The van der Waals surface area contributed by atoms with E-state index in [9.17, 15) is 15.0 Å². The SMILES string of the molecule is COCCOC1[C@@H](CO)O[C@@H](n2cnc3c(=O)[nH]c(N)nc32)[C@H]1O. The van der Waals surface area contributed by atoms with Crippen LogP contribution in [0.1, 0.15) is 6.23 Å². The Labute approximate surface area is 136 Å². The van der Waals surface area contributed by atoms with E-state index in [1.807, 2.05) is 0 Å². The fraction of sp³-hybridized carbons (Fsp3) is 0.615. The monoisotopic (exact) mass is 341 g/mol. The molecule has 0 saturated carbocycles. The van der Waals surface area contributed by atoms with Crippen LogP contribution in [0.3, 0.4) is 0 Å². The van der Waals surface area contributed by atoms with Crippen LogP contribution in [0.15, 0.2) is 11.1 Å². The van der Waals surface area contributed by atoms with Gasteiger partial charge in [0.05, 0.1) is 26.1 Å². The van der Waals surface area contributed by atoms with E-state index in [2.05, 4.69) is 15.0 Å². The molecule has 0 spiro atoms. The lowest BCUT2D eigenvalue weighted by atomic mass is 10.1. The standard InChI is InChI=1S/C13H19N5O6/c1-22-2-3-23-9-6(4-19)24-12(8(9)20)18-5-15-7-10(18)16-13(14)17-11(7)21/h5-6,8-9,12,19-20H,2-4H2,1H3,(H3,14,16,17,21)/t6-,8+,9?,12-/m1/s1. The molecule has 1 aliphatic rings. The summed E-state index contributed by atoms with van der Waals surface area (Å²) < 4.78 is 17.5. The fourth-order valence-corrected chi connectivity index (χ4v) is 2.70. The van der Waals surface area contributed by atoms with Crippen LogP contribution in [-0.2, 0) is 14.2 Å². The number of rotatable bonds is 6. The van der Waals surface area contributed by atoms with Gasteiger partial charge in [-0.15, -0.1) is 0 Å². The predicted octanol–water partition coefficient (Wildman–Crippen LogP) is -2.02. The third-order valence-electron chi connectivity index (χ3n) is 3.81. The number of hydrogen-bond donors (Lipinski definition) is 4. The van der Waals surface area contributed by atoms with Crippen molar-refractivity contribution >= 4 is 17.1 Å². The van der Waals surface area contributed by atoms with Crippen molar-refractivity contribution in [2.45, 2.75) is 24.5 Å². The highest BCUT2D eigenvalue weighted by Gasteiger charge is 2.45. The van der Waals surface area contributed by atoms with Crippen molar-refractivity contribution in [1.29, 1.82) is 0 Å². The van der Waals surface area contributed by atoms with Crippen LogP contribution in [0.5, 0.6) is 0 Å². The maximum absolute atomic E-state index is 11.8. The van der Waals surface area contributed by atoms with Gasteiger partial charge in [-0.1, -0.05) is 0 Å². The number of nitrogen functional groups attached to an aromatic ring is 1. The zero-order chi connectivity index (χ0) is 17.3. The molecule has 1 unspecified atom stereocenters. The number of nitrogens with one attached hydrogen (secondary N) is 1. The zero-order valence-electron chi connectivity index (χ0n) is 13.0. The molecule has 2 aromatic rings. The third-order valence-corrected chi connectivity index (χ3v) is 3.81. The minimum atomic E-state index is -1.10. The van der Waals surface area contributed by atoms with Crippen molar-refractivity contribution < 1.29 is 24.4 Å². The molecular weight excluding hydrogens is 322 g/mol. The number of ether oxygens (including phenoxy) is 3. The third kappa shape index (κ3) is 2.87. The normalized spacial score (nSPS) is 27.1. The van der Waals surface area contributed by atoms with Gasteiger partial charge < -0.3 is 30.2 Å². The topological polar surface area (TPSA) is 158 Å². The number of methoxy groups -OCH3 is 1. The number of anilines is 1. The number of aliphatic hydroxyl groups excluding tert-OH is 2. The summed E-state index contributed by atoms with van der Waals surface area (Å²) in [6.45, 7) is 0.238. The number of aromatic amines is 1. The van der Waals surface area contributed by atoms with E-state index in [0.717, 1.165) is 0 Å². The lowest BCUT2D eigenvalue weighted by Crippen LogP contribution is -2.37. The Morgan fingerprint density at radius 3 is 3.00 bits per heavy atom. The van der Waals surface area contributed by atoms with Crippen molar-refractivity contribution in [2.24, 2.45) is 0 Å². The van der Waals surface area contributed by atoms with E-state index >= 15 is 0 Å². The molecule has 24 heavy (non-hydrogen) atoms. The Bertz CT molecular complexity index is 761. The molecule has 0 amide bonds. The minimum absolute atomic E-state index is 0.0734.